The highest BCUT2D eigenvalue weighted by Crippen LogP contribution is 1.93. The quantitative estimate of drug-likeness (QED) is 0.630. The lowest BCUT2D eigenvalue weighted by Crippen LogP contribution is -2.41. The van der Waals surface area contributed by atoms with Crippen molar-refractivity contribution >= 4 is 5.91 Å². The van der Waals surface area contributed by atoms with Crippen LogP contribution < -0.4 is 5.32 Å². The molecular weight excluding hydrogens is 178 g/mol. The van der Waals surface area contributed by atoms with Gasteiger partial charge in [0.2, 0.25) is 5.91 Å². The third-order valence-corrected chi connectivity index (χ3v) is 1.99. The van der Waals surface area contributed by atoms with Crippen molar-refractivity contribution in [2.24, 2.45) is 0 Å². The summed E-state index contributed by atoms with van der Waals surface area (Å²) in [5.41, 5.74) is 0. The first kappa shape index (κ1) is 13.4. The number of amides is 1. The van der Waals surface area contributed by atoms with Crippen molar-refractivity contribution < 1.29 is 4.79 Å². The van der Waals surface area contributed by atoms with Crippen LogP contribution in [-0.4, -0.2) is 63.0 Å². The summed E-state index contributed by atoms with van der Waals surface area (Å²) in [5, 5.41) is 2.89. The van der Waals surface area contributed by atoms with Crippen molar-refractivity contribution in [2.45, 2.75) is 13.3 Å². The van der Waals surface area contributed by atoms with Gasteiger partial charge >= 0.3 is 0 Å². The third kappa shape index (κ3) is 5.94. The summed E-state index contributed by atoms with van der Waals surface area (Å²) in [4.78, 5) is 15.6. The molecule has 0 saturated carbocycles. The molecule has 1 N–H and O–H groups in total. The summed E-state index contributed by atoms with van der Waals surface area (Å²) < 4.78 is 0. The Hall–Kier alpha value is -0.610. The minimum absolute atomic E-state index is 0.191. The van der Waals surface area contributed by atoms with Crippen LogP contribution in [0.2, 0.25) is 0 Å². The number of hydrogen-bond acceptors (Lipinski definition) is 3. The van der Waals surface area contributed by atoms with Gasteiger partial charge in [0, 0.05) is 19.6 Å². The summed E-state index contributed by atoms with van der Waals surface area (Å²) in [6.45, 7) is 5.13. The molecule has 0 heterocycles. The van der Waals surface area contributed by atoms with Gasteiger partial charge in [-0.1, -0.05) is 6.92 Å². The average molecular weight is 201 g/mol. The number of carbonyl (C=O) groups is 1. The van der Waals surface area contributed by atoms with Gasteiger partial charge in [0.05, 0.1) is 6.54 Å². The van der Waals surface area contributed by atoms with Gasteiger partial charge in [-0.15, -0.1) is 0 Å². The van der Waals surface area contributed by atoms with Crippen LogP contribution >= 0.6 is 0 Å². The molecule has 0 aliphatic heterocycles. The molecule has 0 aromatic carbocycles. The normalized spacial score (nSPS) is 10.6. The fourth-order valence-corrected chi connectivity index (χ4v) is 1.21. The molecule has 1 amide bonds. The molecule has 0 aliphatic carbocycles. The molecule has 0 unspecified atom stereocenters. The smallest absolute Gasteiger partial charge is 0.236 e. The molecule has 0 aromatic rings. The van der Waals surface area contributed by atoms with Crippen molar-refractivity contribution in [1.82, 2.24) is 15.1 Å². The van der Waals surface area contributed by atoms with Crippen LogP contribution in [0.1, 0.15) is 13.3 Å². The molecule has 0 fully saturated rings. The monoisotopic (exact) mass is 201 g/mol. The van der Waals surface area contributed by atoms with E-state index in [1.165, 1.54) is 0 Å². The van der Waals surface area contributed by atoms with Crippen LogP contribution in [-0.2, 0) is 4.79 Å². The van der Waals surface area contributed by atoms with E-state index in [-0.39, 0.29) is 5.91 Å². The summed E-state index contributed by atoms with van der Waals surface area (Å²) in [5.74, 6) is 0.191. The van der Waals surface area contributed by atoms with Gasteiger partial charge in [-0.05, 0) is 27.6 Å². The van der Waals surface area contributed by atoms with Gasteiger partial charge in [-0.3, -0.25) is 4.79 Å². The fourth-order valence-electron chi connectivity index (χ4n) is 1.21. The Labute approximate surface area is 87.3 Å². The highest BCUT2D eigenvalue weighted by Gasteiger charge is 2.10. The Bertz CT molecular complexity index is 159. The molecular formula is C10H23N3O. The van der Waals surface area contributed by atoms with Crippen molar-refractivity contribution in [3.8, 4) is 0 Å². The van der Waals surface area contributed by atoms with Crippen LogP contribution in [0.5, 0.6) is 0 Å². The Kier molecular flexibility index (Phi) is 7.42. The number of nitrogens with one attached hydrogen (secondary N) is 1. The molecule has 0 bridgehead atoms. The van der Waals surface area contributed by atoms with E-state index < -0.39 is 0 Å². The molecule has 4 heteroatoms. The van der Waals surface area contributed by atoms with E-state index in [1.807, 2.05) is 19.0 Å². The van der Waals surface area contributed by atoms with Gasteiger partial charge in [-0.25, -0.2) is 0 Å². The number of rotatable bonds is 7. The molecule has 0 rings (SSSR count). The van der Waals surface area contributed by atoms with Crippen LogP contribution in [0.3, 0.4) is 0 Å². The lowest BCUT2D eigenvalue weighted by molar-refractivity contribution is -0.130. The number of nitrogens with zero attached hydrogens (tertiary/aromatic N) is 2. The van der Waals surface area contributed by atoms with Gasteiger partial charge < -0.3 is 15.1 Å². The zero-order valence-electron chi connectivity index (χ0n) is 9.84. The van der Waals surface area contributed by atoms with E-state index in [4.69, 9.17) is 0 Å². The largest absolute Gasteiger partial charge is 0.340 e. The summed E-state index contributed by atoms with van der Waals surface area (Å²) in [6.07, 6.45) is 1.02. The SMILES string of the molecule is CCCN(CCN(C)C)C(=O)CNC. The van der Waals surface area contributed by atoms with Crippen LogP contribution in [0.15, 0.2) is 0 Å². The molecule has 84 valence electrons. The zero-order valence-corrected chi connectivity index (χ0v) is 9.84. The topological polar surface area (TPSA) is 35.6 Å². The van der Waals surface area contributed by atoms with Gasteiger partial charge in [0.1, 0.15) is 0 Å². The number of likely N-dealkylation sites (N-methyl/N-ethyl adjacent to an activating group) is 2. The lowest BCUT2D eigenvalue weighted by Gasteiger charge is -2.23. The molecule has 0 spiro atoms. The summed E-state index contributed by atoms with van der Waals surface area (Å²) in [6, 6.07) is 0. The van der Waals surface area contributed by atoms with Crippen molar-refractivity contribution in [1.29, 1.82) is 0 Å². The Balaban J connectivity index is 3.93. The predicted octanol–water partition coefficient (Wildman–Crippen LogP) is 0.00600. The van der Waals surface area contributed by atoms with E-state index in [2.05, 4.69) is 17.1 Å². The van der Waals surface area contributed by atoms with E-state index >= 15 is 0 Å². The minimum atomic E-state index is 0.191. The van der Waals surface area contributed by atoms with Crippen molar-refractivity contribution in [2.75, 3.05) is 47.3 Å². The van der Waals surface area contributed by atoms with Crippen LogP contribution in [0.4, 0.5) is 0 Å². The number of carbonyl (C=O) groups excluding carboxylic acids is 1. The zero-order chi connectivity index (χ0) is 11.0. The first-order chi connectivity index (χ1) is 6.61. The van der Waals surface area contributed by atoms with Gasteiger partial charge in [0.15, 0.2) is 0 Å². The second-order valence-corrected chi connectivity index (χ2v) is 3.71. The van der Waals surface area contributed by atoms with Gasteiger partial charge in [0.25, 0.3) is 0 Å². The van der Waals surface area contributed by atoms with E-state index in [0.29, 0.717) is 6.54 Å². The predicted molar refractivity (Wildman–Crippen MR) is 59.4 cm³/mol. The Morgan fingerprint density at radius 1 is 1.21 bits per heavy atom. The average Bonchev–Trinajstić information content (AvgIpc) is 2.12. The van der Waals surface area contributed by atoms with E-state index in [1.54, 1.807) is 7.05 Å². The maximum atomic E-state index is 11.6. The molecule has 0 aliphatic rings. The first-order valence-corrected chi connectivity index (χ1v) is 5.19. The maximum Gasteiger partial charge on any atom is 0.236 e. The maximum absolute atomic E-state index is 11.6. The fraction of sp³-hybridized carbons (Fsp3) is 0.900. The molecule has 4 nitrogen and oxygen atoms in total. The molecule has 14 heavy (non-hydrogen) atoms. The molecule has 0 atom stereocenters. The van der Waals surface area contributed by atoms with Crippen molar-refractivity contribution in [3.63, 3.8) is 0 Å². The summed E-state index contributed by atoms with van der Waals surface area (Å²) in [7, 11) is 5.84. The summed E-state index contributed by atoms with van der Waals surface area (Å²) >= 11 is 0. The van der Waals surface area contributed by atoms with Crippen LogP contribution in [0.25, 0.3) is 0 Å². The highest BCUT2D eigenvalue weighted by molar-refractivity contribution is 5.78. The van der Waals surface area contributed by atoms with Crippen LogP contribution in [0, 0.1) is 0 Å². The van der Waals surface area contributed by atoms with Gasteiger partial charge in [-0.2, -0.15) is 0 Å². The number of hydrogen-bond donors (Lipinski definition) is 1. The third-order valence-electron chi connectivity index (χ3n) is 1.99. The Morgan fingerprint density at radius 3 is 2.29 bits per heavy atom. The van der Waals surface area contributed by atoms with Crippen molar-refractivity contribution in [3.05, 3.63) is 0 Å². The second kappa shape index (κ2) is 7.76. The van der Waals surface area contributed by atoms with E-state index in [0.717, 1.165) is 26.1 Å². The Morgan fingerprint density at radius 2 is 1.86 bits per heavy atom. The van der Waals surface area contributed by atoms with E-state index in [9.17, 15) is 4.79 Å². The first-order valence-electron chi connectivity index (χ1n) is 5.19. The lowest BCUT2D eigenvalue weighted by atomic mass is 10.3. The molecule has 0 radical (unpaired) electrons. The molecule has 0 aromatic heterocycles. The standard InChI is InChI=1S/C10H23N3O/c1-5-6-13(8-7-12(3)4)10(14)9-11-2/h11H,5-9H2,1-4H3. The second-order valence-electron chi connectivity index (χ2n) is 3.71. The highest BCUT2D eigenvalue weighted by atomic mass is 16.2. The minimum Gasteiger partial charge on any atom is -0.340 e. The molecule has 0 saturated heterocycles.